The van der Waals surface area contributed by atoms with Crippen LogP contribution in [-0.4, -0.2) is 16.4 Å². The summed E-state index contributed by atoms with van der Waals surface area (Å²) in [4.78, 5) is 0. The zero-order valence-corrected chi connectivity index (χ0v) is 21.2. The minimum absolute atomic E-state index is 0.920. The van der Waals surface area contributed by atoms with Gasteiger partial charge in [0.2, 0.25) is 0 Å². The van der Waals surface area contributed by atoms with Crippen LogP contribution in [0, 0.1) is 0 Å². The number of aryl methyl sites for hydroxylation is 3. The molecule has 0 amide bonds. The Morgan fingerprint density at radius 1 is 0.519 bits per heavy atom. The van der Waals surface area contributed by atoms with Crippen LogP contribution in [0.2, 0.25) is 0 Å². The predicted molar refractivity (Wildman–Crippen MR) is 124 cm³/mol. The summed E-state index contributed by atoms with van der Waals surface area (Å²) in [5.41, 5.74) is 3.77. The standard InChI is InChI=1S/3C8H9.Bi.2ClH/c3*1-2-8-6-4-3-5-7-8;;;/h3*3-6H,2H2,1H3;;2*1H/q;;;+2;;/p-2. The first-order chi connectivity index (χ1) is 13.0. The zero-order valence-electron chi connectivity index (χ0n) is 16.3. The fourth-order valence-electron chi connectivity index (χ4n) is 3.97. The second-order valence-corrected chi connectivity index (χ2v) is 32.9. The Kier molecular flexibility index (Phi) is 6.36. The van der Waals surface area contributed by atoms with E-state index in [4.69, 9.17) is 17.0 Å². The van der Waals surface area contributed by atoms with E-state index in [2.05, 4.69) is 93.6 Å². The second kappa shape index (κ2) is 8.24. The third-order valence-corrected chi connectivity index (χ3v) is 29.9. The van der Waals surface area contributed by atoms with E-state index in [1.807, 2.05) is 0 Å². The molecule has 3 heteroatoms. The first-order valence-electron chi connectivity index (χ1n) is 9.67. The SMILES string of the molecule is CCc1cccc[c]1[Bi]([Cl])([Cl])([c]1ccccc1CC)[c]1ccccc1CC. The van der Waals surface area contributed by atoms with E-state index < -0.39 is 16.4 Å². The topological polar surface area (TPSA) is 0 Å². The van der Waals surface area contributed by atoms with Gasteiger partial charge in [0.25, 0.3) is 0 Å². The van der Waals surface area contributed by atoms with Crippen molar-refractivity contribution in [2.45, 2.75) is 40.0 Å². The normalized spacial score (nSPS) is 13.1. The molecule has 0 fully saturated rings. The summed E-state index contributed by atoms with van der Waals surface area (Å²) in [6.07, 6.45) is 2.76. The molecule has 27 heavy (non-hydrogen) atoms. The van der Waals surface area contributed by atoms with Crippen molar-refractivity contribution in [1.82, 2.24) is 0 Å². The molecule has 0 saturated carbocycles. The van der Waals surface area contributed by atoms with Crippen LogP contribution in [0.4, 0.5) is 0 Å². The summed E-state index contributed by atoms with van der Waals surface area (Å²) in [5, 5.41) is 0. The van der Waals surface area contributed by atoms with Gasteiger partial charge < -0.3 is 0 Å². The molecule has 0 spiro atoms. The Labute approximate surface area is 171 Å². The van der Waals surface area contributed by atoms with Crippen LogP contribution in [0.25, 0.3) is 0 Å². The van der Waals surface area contributed by atoms with E-state index in [1.165, 1.54) is 16.7 Å². The Morgan fingerprint density at radius 2 is 0.778 bits per heavy atom. The van der Waals surface area contributed by atoms with Crippen LogP contribution >= 0.6 is 17.0 Å². The zero-order chi connectivity index (χ0) is 19.5. The molecule has 0 N–H and O–H groups in total. The maximum absolute atomic E-state index is 7.90. The van der Waals surface area contributed by atoms with E-state index in [0.29, 0.717) is 0 Å². The van der Waals surface area contributed by atoms with E-state index >= 15 is 0 Å². The van der Waals surface area contributed by atoms with Crippen molar-refractivity contribution in [2.75, 3.05) is 0 Å². The van der Waals surface area contributed by atoms with Gasteiger partial charge in [-0.1, -0.05) is 0 Å². The van der Waals surface area contributed by atoms with E-state index in [9.17, 15) is 0 Å². The van der Waals surface area contributed by atoms with Crippen LogP contribution in [0.5, 0.6) is 0 Å². The summed E-state index contributed by atoms with van der Waals surface area (Å²) in [6, 6.07) is 25.6. The molecule has 0 aliphatic rings. The van der Waals surface area contributed by atoms with Crippen molar-refractivity contribution >= 4 is 43.2 Å². The first-order valence-corrected chi connectivity index (χ1v) is 23.4. The molecular weight excluding hydrogens is 568 g/mol. The molecule has 0 nitrogen and oxygen atoms in total. The van der Waals surface area contributed by atoms with Gasteiger partial charge in [0.1, 0.15) is 0 Å². The molecule has 0 aromatic heterocycles. The Morgan fingerprint density at radius 3 is 1.04 bits per heavy atom. The molecule has 0 bridgehead atoms. The van der Waals surface area contributed by atoms with Crippen LogP contribution in [0.1, 0.15) is 37.5 Å². The van der Waals surface area contributed by atoms with Gasteiger partial charge >= 0.3 is 173 Å². The molecule has 0 unspecified atom stereocenters. The summed E-state index contributed by atoms with van der Waals surface area (Å²) in [6.45, 7) is 6.54. The first kappa shape index (κ1) is 20.8. The monoisotopic (exact) mass is 594 g/mol. The molecule has 3 aromatic carbocycles. The number of rotatable bonds is 6. The Hall–Kier alpha value is -0.877. The summed E-state index contributed by atoms with van der Waals surface area (Å²) < 4.78 is 3.49. The van der Waals surface area contributed by atoms with Crippen LogP contribution in [-0.2, 0) is 19.3 Å². The second-order valence-electron chi connectivity index (χ2n) is 6.85. The van der Waals surface area contributed by atoms with E-state index in [-0.39, 0.29) is 0 Å². The average molecular weight is 595 g/mol. The molecule has 3 aromatic rings. The van der Waals surface area contributed by atoms with E-state index in [0.717, 1.165) is 29.1 Å². The molecular formula is C24H27BiCl2. The van der Waals surface area contributed by atoms with Gasteiger partial charge in [-0.05, 0) is 0 Å². The molecule has 0 heterocycles. The van der Waals surface area contributed by atoms with Gasteiger partial charge in [0.05, 0.1) is 0 Å². The predicted octanol–water partition coefficient (Wildman–Crippen LogP) is 5.27. The van der Waals surface area contributed by atoms with Gasteiger partial charge in [-0.2, -0.15) is 0 Å². The van der Waals surface area contributed by atoms with Gasteiger partial charge in [-0.15, -0.1) is 0 Å². The molecule has 142 valence electrons. The fraction of sp³-hybridized carbons (Fsp3) is 0.250. The van der Waals surface area contributed by atoms with Crippen molar-refractivity contribution in [1.29, 1.82) is 0 Å². The summed E-state index contributed by atoms with van der Waals surface area (Å²) in [5.74, 6) is 0. The van der Waals surface area contributed by atoms with Crippen LogP contribution in [0.3, 0.4) is 0 Å². The number of hydrogen-bond donors (Lipinski definition) is 0. The van der Waals surface area contributed by atoms with Crippen molar-refractivity contribution < 1.29 is 0 Å². The number of benzene rings is 3. The maximum atomic E-state index is 7.90. The Balaban J connectivity index is 2.51. The van der Waals surface area contributed by atoms with Crippen molar-refractivity contribution in [3.63, 3.8) is 0 Å². The molecule has 0 aliphatic carbocycles. The van der Waals surface area contributed by atoms with Gasteiger partial charge in [-0.3, -0.25) is 0 Å². The van der Waals surface area contributed by atoms with Gasteiger partial charge in [-0.25, -0.2) is 0 Å². The van der Waals surface area contributed by atoms with E-state index in [1.54, 1.807) is 0 Å². The third kappa shape index (κ3) is 3.48. The van der Waals surface area contributed by atoms with Gasteiger partial charge in [0, 0.05) is 0 Å². The quantitative estimate of drug-likeness (QED) is 0.341. The number of halogens is 2. The molecule has 0 saturated heterocycles. The molecule has 0 aliphatic heterocycles. The molecule has 0 radical (unpaired) electrons. The average Bonchev–Trinajstić information content (AvgIpc) is 2.73. The third-order valence-electron chi connectivity index (χ3n) is 5.39. The summed E-state index contributed by atoms with van der Waals surface area (Å²) >= 11 is -4.88. The molecule has 3 rings (SSSR count). The van der Waals surface area contributed by atoms with Crippen LogP contribution < -0.4 is 9.81 Å². The van der Waals surface area contributed by atoms with Gasteiger partial charge in [0.15, 0.2) is 0 Å². The minimum atomic E-state index is -4.88. The fourth-order valence-corrected chi connectivity index (χ4v) is 28.3. The number of hydrogen-bond acceptors (Lipinski definition) is 0. The van der Waals surface area contributed by atoms with Crippen LogP contribution in [0.15, 0.2) is 72.8 Å². The van der Waals surface area contributed by atoms with Crippen molar-refractivity contribution in [3.8, 4) is 0 Å². The molecule has 0 atom stereocenters. The van der Waals surface area contributed by atoms with Crippen molar-refractivity contribution in [3.05, 3.63) is 89.5 Å². The van der Waals surface area contributed by atoms with Crippen molar-refractivity contribution in [2.24, 2.45) is 0 Å². The summed E-state index contributed by atoms with van der Waals surface area (Å²) in [7, 11) is 15.8. The Bertz CT molecular complexity index is 824.